The third kappa shape index (κ3) is 4.16. The fourth-order valence-corrected chi connectivity index (χ4v) is 3.45. The van der Waals surface area contributed by atoms with Crippen molar-refractivity contribution in [2.24, 2.45) is 10.1 Å². The Morgan fingerprint density at radius 2 is 1.96 bits per heavy atom. The normalized spacial score (nSPS) is 22.1. The zero-order valence-corrected chi connectivity index (χ0v) is 16.7. The smallest absolute Gasteiger partial charge is 0.325 e. The Morgan fingerprint density at radius 3 is 2.68 bits per heavy atom. The van der Waals surface area contributed by atoms with E-state index in [0.29, 0.717) is 12.5 Å². The number of benzene rings is 1. The lowest BCUT2D eigenvalue weighted by molar-refractivity contribution is -0.127. The summed E-state index contributed by atoms with van der Waals surface area (Å²) in [7, 11) is 1.65. The molecule has 0 bridgehead atoms. The number of carbonyl (C=O) groups excluding carboxylic acids is 2. The van der Waals surface area contributed by atoms with Gasteiger partial charge in [0.05, 0.1) is 5.71 Å². The Kier molecular flexibility index (Phi) is 6.28. The molecule has 0 aliphatic carbocycles. The van der Waals surface area contributed by atoms with Gasteiger partial charge in [-0.1, -0.05) is 56.5 Å². The van der Waals surface area contributed by atoms with Gasteiger partial charge in [-0.25, -0.2) is 15.2 Å². The van der Waals surface area contributed by atoms with Crippen LogP contribution >= 0.6 is 0 Å². The summed E-state index contributed by atoms with van der Waals surface area (Å²) in [5, 5.41) is 6.87. The van der Waals surface area contributed by atoms with Crippen LogP contribution in [0.2, 0.25) is 0 Å². The second-order valence-electron chi connectivity index (χ2n) is 7.15. The van der Waals surface area contributed by atoms with Crippen molar-refractivity contribution in [1.82, 2.24) is 20.5 Å². The van der Waals surface area contributed by atoms with Crippen LogP contribution < -0.4 is 10.7 Å². The Morgan fingerprint density at radius 1 is 1.21 bits per heavy atom. The number of hydrogen-bond donors (Lipinski definition) is 2. The highest BCUT2D eigenvalue weighted by Crippen LogP contribution is 2.24. The molecular weight excluding hydrogens is 356 g/mol. The van der Waals surface area contributed by atoms with Gasteiger partial charge in [0.25, 0.3) is 5.91 Å². The number of rotatable bonds is 7. The Balaban J connectivity index is 1.79. The minimum absolute atomic E-state index is 0.312. The molecule has 2 aliphatic heterocycles. The van der Waals surface area contributed by atoms with Gasteiger partial charge in [0.1, 0.15) is 0 Å². The molecule has 1 aromatic rings. The average Bonchev–Trinajstić information content (AvgIpc) is 3.07. The molecule has 8 heteroatoms. The molecule has 28 heavy (non-hydrogen) atoms. The van der Waals surface area contributed by atoms with Gasteiger partial charge in [0, 0.05) is 13.6 Å². The van der Waals surface area contributed by atoms with Gasteiger partial charge in [0.2, 0.25) is 5.96 Å². The maximum absolute atomic E-state index is 12.5. The summed E-state index contributed by atoms with van der Waals surface area (Å²) >= 11 is 0. The third-order valence-electron chi connectivity index (χ3n) is 5.13. The first-order chi connectivity index (χ1) is 13.5. The fraction of sp³-hybridized carbons (Fsp3) is 0.500. The fourth-order valence-electron chi connectivity index (χ4n) is 3.45. The standard InChI is InChI=1S/C20H28N6O2/c1-4-5-6-10-13-26-16-17(25(3)20(28)22-18(16)27)21-19(26)24-23-14(2)15-11-8-7-9-12-15/h7-9,11-12,16-17H,4-6,10,13H2,1-3H3,(H,21,24)(H,22,27,28)/b23-14-. The first-order valence-electron chi connectivity index (χ1n) is 9.80. The van der Waals surface area contributed by atoms with Crippen molar-refractivity contribution in [3.63, 3.8) is 0 Å². The van der Waals surface area contributed by atoms with Gasteiger partial charge in [-0.05, 0) is 18.9 Å². The topological polar surface area (TPSA) is 89.4 Å². The van der Waals surface area contributed by atoms with Gasteiger partial charge in [-0.15, -0.1) is 0 Å². The molecule has 2 aliphatic rings. The van der Waals surface area contributed by atoms with Gasteiger partial charge >= 0.3 is 6.03 Å². The number of unbranched alkanes of at least 4 members (excludes halogenated alkanes) is 3. The highest BCUT2D eigenvalue weighted by molar-refractivity contribution is 6.04. The molecule has 2 heterocycles. The van der Waals surface area contributed by atoms with Gasteiger partial charge < -0.3 is 9.80 Å². The minimum Gasteiger partial charge on any atom is -0.326 e. The van der Waals surface area contributed by atoms with Crippen molar-refractivity contribution in [1.29, 1.82) is 0 Å². The molecule has 1 aromatic carbocycles. The van der Waals surface area contributed by atoms with E-state index in [4.69, 9.17) is 0 Å². The number of likely N-dealkylation sites (N-methyl/N-ethyl adjacent to an activating group) is 1. The van der Waals surface area contributed by atoms with Crippen LogP contribution in [0.4, 0.5) is 4.79 Å². The molecule has 0 aromatic heterocycles. The van der Waals surface area contributed by atoms with Crippen molar-refractivity contribution >= 4 is 23.6 Å². The number of imide groups is 1. The van der Waals surface area contributed by atoms with E-state index in [0.717, 1.165) is 37.0 Å². The summed E-state index contributed by atoms with van der Waals surface area (Å²) < 4.78 is 0. The van der Waals surface area contributed by atoms with E-state index in [2.05, 4.69) is 27.8 Å². The van der Waals surface area contributed by atoms with E-state index in [9.17, 15) is 9.59 Å². The minimum atomic E-state index is -0.540. The summed E-state index contributed by atoms with van der Waals surface area (Å²) in [5.74, 6) is 0.214. The summed E-state index contributed by atoms with van der Waals surface area (Å²) in [5.41, 5.74) is 4.85. The number of carbonyl (C=O) groups is 2. The summed E-state index contributed by atoms with van der Waals surface area (Å²) in [6, 6.07) is 8.89. The number of guanidine groups is 1. The Bertz CT molecular complexity index is 776. The SMILES string of the molecule is CCCCCCN1C(N/N=C(/C)c2ccccc2)=NC2C1C(=O)NC(=O)N2C. The Labute approximate surface area is 165 Å². The van der Waals surface area contributed by atoms with Crippen LogP contribution in [-0.4, -0.2) is 59.2 Å². The molecule has 0 spiro atoms. The van der Waals surface area contributed by atoms with Crippen LogP contribution in [-0.2, 0) is 4.79 Å². The second kappa shape index (κ2) is 8.86. The zero-order chi connectivity index (χ0) is 20.1. The predicted molar refractivity (Wildman–Crippen MR) is 109 cm³/mol. The Hall–Kier alpha value is -2.90. The molecule has 150 valence electrons. The van der Waals surface area contributed by atoms with Crippen molar-refractivity contribution < 1.29 is 9.59 Å². The summed E-state index contributed by atoms with van der Waals surface area (Å²) in [6.45, 7) is 4.76. The van der Waals surface area contributed by atoms with Crippen LogP contribution in [0.25, 0.3) is 0 Å². The van der Waals surface area contributed by atoms with E-state index in [1.54, 1.807) is 7.05 Å². The van der Waals surface area contributed by atoms with Crippen LogP contribution in [0.15, 0.2) is 40.4 Å². The average molecular weight is 384 g/mol. The van der Waals surface area contributed by atoms with E-state index in [1.807, 2.05) is 42.2 Å². The quantitative estimate of drug-likeness (QED) is 0.428. The molecule has 0 saturated carbocycles. The number of hydrazone groups is 1. The molecule has 0 radical (unpaired) electrons. The molecular formula is C20H28N6O2. The lowest BCUT2D eigenvalue weighted by Gasteiger charge is -2.36. The molecule has 2 unspecified atom stereocenters. The molecule has 8 nitrogen and oxygen atoms in total. The molecule has 2 atom stereocenters. The lowest BCUT2D eigenvalue weighted by atomic mass is 10.1. The van der Waals surface area contributed by atoms with E-state index in [1.165, 1.54) is 4.90 Å². The monoisotopic (exact) mass is 384 g/mol. The number of aliphatic imine (C=N–C) groups is 1. The third-order valence-corrected chi connectivity index (χ3v) is 5.13. The largest absolute Gasteiger partial charge is 0.326 e. The maximum Gasteiger partial charge on any atom is 0.325 e. The van der Waals surface area contributed by atoms with Crippen LogP contribution in [0.3, 0.4) is 0 Å². The summed E-state index contributed by atoms with van der Waals surface area (Å²) in [4.78, 5) is 32.5. The van der Waals surface area contributed by atoms with E-state index >= 15 is 0 Å². The van der Waals surface area contributed by atoms with Crippen molar-refractivity contribution in [3.8, 4) is 0 Å². The highest BCUT2D eigenvalue weighted by Gasteiger charge is 2.48. The van der Waals surface area contributed by atoms with Gasteiger partial charge in [-0.2, -0.15) is 5.10 Å². The highest BCUT2D eigenvalue weighted by atomic mass is 16.2. The lowest BCUT2D eigenvalue weighted by Crippen LogP contribution is -2.64. The number of nitrogens with zero attached hydrogens (tertiary/aromatic N) is 4. The van der Waals surface area contributed by atoms with Crippen molar-refractivity contribution in [2.45, 2.75) is 51.7 Å². The van der Waals surface area contributed by atoms with Crippen molar-refractivity contribution in [2.75, 3.05) is 13.6 Å². The number of hydrogen-bond acceptors (Lipinski definition) is 6. The molecule has 3 amide bonds. The first-order valence-corrected chi connectivity index (χ1v) is 9.80. The predicted octanol–water partition coefficient (Wildman–Crippen LogP) is 2.13. The van der Waals surface area contributed by atoms with Crippen molar-refractivity contribution in [3.05, 3.63) is 35.9 Å². The van der Waals surface area contributed by atoms with Crippen LogP contribution in [0.1, 0.15) is 45.1 Å². The number of nitrogens with one attached hydrogen (secondary N) is 2. The second-order valence-corrected chi connectivity index (χ2v) is 7.15. The van der Waals surface area contributed by atoms with Gasteiger partial charge in [-0.3, -0.25) is 10.1 Å². The van der Waals surface area contributed by atoms with Crippen LogP contribution in [0, 0.1) is 0 Å². The number of amides is 3. The summed E-state index contributed by atoms with van der Waals surface area (Å²) in [6.07, 6.45) is 3.79. The molecule has 3 rings (SSSR count). The van der Waals surface area contributed by atoms with Crippen LogP contribution in [0.5, 0.6) is 0 Å². The number of urea groups is 1. The first kappa shape index (κ1) is 19.9. The molecule has 2 N–H and O–H groups in total. The van der Waals surface area contributed by atoms with E-state index in [-0.39, 0.29) is 5.91 Å². The maximum atomic E-state index is 12.5. The van der Waals surface area contributed by atoms with Gasteiger partial charge in [0.15, 0.2) is 12.2 Å². The number of fused-ring (bicyclic) bond motifs is 1. The molecule has 1 fully saturated rings. The molecule has 1 saturated heterocycles. The van der Waals surface area contributed by atoms with E-state index < -0.39 is 18.2 Å². The zero-order valence-electron chi connectivity index (χ0n) is 16.7.